The van der Waals surface area contributed by atoms with Crippen molar-refractivity contribution in [2.24, 2.45) is 11.8 Å². The summed E-state index contributed by atoms with van der Waals surface area (Å²) in [6.07, 6.45) is 0.983. The van der Waals surface area contributed by atoms with Gasteiger partial charge in [-0.15, -0.1) is 0 Å². The number of ketones is 1. The third-order valence-electron chi connectivity index (χ3n) is 4.58. The second-order valence-electron chi connectivity index (χ2n) is 6.29. The van der Waals surface area contributed by atoms with Crippen LogP contribution in [0.5, 0.6) is 0 Å². The second kappa shape index (κ2) is 6.86. The SMILES string of the molecule is C=C(CC(F)(F)C(=O)N1CCOCC1)C1CCC(C)C(=O)C1. The Kier molecular flexibility index (Phi) is 5.32. The Labute approximate surface area is 129 Å². The molecule has 0 aromatic rings. The van der Waals surface area contributed by atoms with E-state index in [0.29, 0.717) is 18.4 Å². The van der Waals surface area contributed by atoms with Gasteiger partial charge in [-0.2, -0.15) is 8.78 Å². The largest absolute Gasteiger partial charge is 0.378 e. The zero-order valence-corrected chi connectivity index (χ0v) is 12.9. The minimum Gasteiger partial charge on any atom is -0.378 e. The normalized spacial score (nSPS) is 26.9. The predicted octanol–water partition coefficient (Wildman–Crippen LogP) is 2.43. The molecule has 0 N–H and O–H groups in total. The Hall–Kier alpha value is -1.30. The summed E-state index contributed by atoms with van der Waals surface area (Å²) in [6, 6.07) is 0. The van der Waals surface area contributed by atoms with Crippen LogP contribution in [-0.2, 0) is 14.3 Å². The number of ether oxygens (including phenoxy) is 1. The van der Waals surface area contributed by atoms with Gasteiger partial charge in [0, 0.05) is 31.8 Å². The number of hydrogen-bond acceptors (Lipinski definition) is 3. The molecule has 22 heavy (non-hydrogen) atoms. The first-order valence-corrected chi connectivity index (χ1v) is 7.76. The van der Waals surface area contributed by atoms with E-state index in [1.807, 2.05) is 6.92 Å². The molecule has 0 aromatic carbocycles. The van der Waals surface area contributed by atoms with Crippen LogP contribution < -0.4 is 0 Å². The molecule has 1 heterocycles. The number of morpholine rings is 1. The summed E-state index contributed by atoms with van der Waals surface area (Å²) in [7, 11) is 0. The molecule has 2 rings (SSSR count). The molecule has 2 fully saturated rings. The lowest BCUT2D eigenvalue weighted by molar-refractivity contribution is -0.161. The number of alkyl halides is 2. The zero-order chi connectivity index (χ0) is 16.3. The number of Topliss-reactive ketones (excluding diaryl/α,β-unsaturated/α-hetero) is 1. The van der Waals surface area contributed by atoms with Crippen molar-refractivity contribution in [2.75, 3.05) is 26.3 Å². The molecule has 2 unspecified atom stereocenters. The number of hydrogen-bond donors (Lipinski definition) is 0. The monoisotopic (exact) mass is 315 g/mol. The van der Waals surface area contributed by atoms with Crippen LogP contribution in [0.2, 0.25) is 0 Å². The Morgan fingerprint density at radius 3 is 2.59 bits per heavy atom. The third kappa shape index (κ3) is 3.91. The Morgan fingerprint density at radius 2 is 2.00 bits per heavy atom. The van der Waals surface area contributed by atoms with Gasteiger partial charge in [-0.1, -0.05) is 19.1 Å². The highest BCUT2D eigenvalue weighted by Gasteiger charge is 2.44. The first-order chi connectivity index (χ1) is 10.3. The van der Waals surface area contributed by atoms with Crippen molar-refractivity contribution in [1.82, 2.24) is 4.90 Å². The van der Waals surface area contributed by atoms with Gasteiger partial charge in [0.15, 0.2) is 0 Å². The first kappa shape index (κ1) is 17.1. The van der Waals surface area contributed by atoms with Crippen LogP contribution in [0.25, 0.3) is 0 Å². The van der Waals surface area contributed by atoms with Gasteiger partial charge in [-0.05, 0) is 18.8 Å². The summed E-state index contributed by atoms with van der Waals surface area (Å²) in [4.78, 5) is 24.8. The van der Waals surface area contributed by atoms with E-state index in [2.05, 4.69) is 6.58 Å². The van der Waals surface area contributed by atoms with Gasteiger partial charge in [0.2, 0.25) is 0 Å². The van der Waals surface area contributed by atoms with E-state index in [1.165, 1.54) is 0 Å². The number of rotatable bonds is 4. The molecular weight excluding hydrogens is 292 g/mol. The fraction of sp³-hybridized carbons (Fsp3) is 0.750. The molecule has 1 amide bonds. The van der Waals surface area contributed by atoms with Crippen LogP contribution in [0.15, 0.2) is 12.2 Å². The summed E-state index contributed by atoms with van der Waals surface area (Å²) in [6.45, 7) is 6.55. The average molecular weight is 315 g/mol. The van der Waals surface area contributed by atoms with Crippen LogP contribution in [-0.4, -0.2) is 48.8 Å². The molecule has 0 bridgehead atoms. The summed E-state index contributed by atoms with van der Waals surface area (Å²) in [5, 5.41) is 0. The quantitative estimate of drug-likeness (QED) is 0.749. The summed E-state index contributed by atoms with van der Waals surface area (Å²) in [5.41, 5.74) is 0.312. The van der Waals surface area contributed by atoms with Crippen molar-refractivity contribution >= 4 is 11.7 Å². The van der Waals surface area contributed by atoms with Crippen molar-refractivity contribution in [3.8, 4) is 0 Å². The van der Waals surface area contributed by atoms with Crippen LogP contribution in [0.4, 0.5) is 8.78 Å². The number of carbonyl (C=O) groups excluding carboxylic acids is 2. The lowest BCUT2D eigenvalue weighted by atomic mass is 9.77. The van der Waals surface area contributed by atoms with E-state index in [1.54, 1.807) is 0 Å². The molecule has 4 nitrogen and oxygen atoms in total. The molecule has 2 aliphatic rings. The van der Waals surface area contributed by atoms with Crippen molar-refractivity contribution < 1.29 is 23.1 Å². The number of amides is 1. The highest BCUT2D eigenvalue weighted by molar-refractivity contribution is 5.84. The summed E-state index contributed by atoms with van der Waals surface area (Å²) in [5.74, 6) is -4.75. The molecule has 1 saturated heterocycles. The van der Waals surface area contributed by atoms with Crippen LogP contribution in [0, 0.1) is 11.8 Å². The minimum atomic E-state index is -3.46. The number of halogens is 2. The highest BCUT2D eigenvalue weighted by atomic mass is 19.3. The molecule has 0 aromatic heterocycles. The molecule has 0 spiro atoms. The van der Waals surface area contributed by atoms with Crippen molar-refractivity contribution in [3.63, 3.8) is 0 Å². The second-order valence-corrected chi connectivity index (χ2v) is 6.29. The maximum atomic E-state index is 14.2. The van der Waals surface area contributed by atoms with Gasteiger partial charge in [0.25, 0.3) is 5.91 Å². The van der Waals surface area contributed by atoms with Crippen LogP contribution in [0.3, 0.4) is 0 Å². The standard InChI is InChI=1S/C16H23F2NO3/c1-11-3-4-13(9-14(11)20)12(2)10-16(17,18)15(21)19-5-7-22-8-6-19/h11,13H,2-10H2,1H3. The van der Waals surface area contributed by atoms with E-state index in [0.717, 1.165) is 4.90 Å². The van der Waals surface area contributed by atoms with Crippen molar-refractivity contribution in [3.05, 3.63) is 12.2 Å². The van der Waals surface area contributed by atoms with Gasteiger partial charge in [-0.25, -0.2) is 0 Å². The minimum absolute atomic E-state index is 0.000424. The fourth-order valence-electron chi connectivity index (χ4n) is 3.01. The fourth-order valence-corrected chi connectivity index (χ4v) is 3.01. The summed E-state index contributed by atoms with van der Waals surface area (Å²) >= 11 is 0. The lowest BCUT2D eigenvalue weighted by Crippen LogP contribution is -2.49. The average Bonchev–Trinajstić information content (AvgIpc) is 2.49. The molecular formula is C16H23F2NO3. The molecule has 0 radical (unpaired) electrons. The molecule has 2 atom stereocenters. The Morgan fingerprint density at radius 1 is 1.36 bits per heavy atom. The van der Waals surface area contributed by atoms with Gasteiger partial charge in [-0.3, -0.25) is 9.59 Å². The smallest absolute Gasteiger partial charge is 0.328 e. The number of carbonyl (C=O) groups is 2. The van der Waals surface area contributed by atoms with Crippen molar-refractivity contribution in [2.45, 2.75) is 38.5 Å². The Balaban J connectivity index is 1.94. The van der Waals surface area contributed by atoms with E-state index >= 15 is 0 Å². The van der Waals surface area contributed by atoms with Gasteiger partial charge < -0.3 is 9.64 Å². The highest BCUT2D eigenvalue weighted by Crippen LogP contribution is 2.36. The maximum Gasteiger partial charge on any atom is 0.328 e. The van der Waals surface area contributed by atoms with E-state index in [-0.39, 0.29) is 50.3 Å². The number of allylic oxidation sites excluding steroid dienone is 1. The van der Waals surface area contributed by atoms with Crippen LogP contribution >= 0.6 is 0 Å². The van der Waals surface area contributed by atoms with Gasteiger partial charge in [0.1, 0.15) is 5.78 Å². The summed E-state index contributed by atoms with van der Waals surface area (Å²) < 4.78 is 33.5. The first-order valence-electron chi connectivity index (χ1n) is 7.76. The molecule has 6 heteroatoms. The molecule has 1 saturated carbocycles. The molecule has 1 aliphatic carbocycles. The molecule has 1 aliphatic heterocycles. The van der Waals surface area contributed by atoms with Crippen LogP contribution in [0.1, 0.15) is 32.6 Å². The topological polar surface area (TPSA) is 46.6 Å². The third-order valence-corrected chi connectivity index (χ3v) is 4.58. The number of nitrogens with zero attached hydrogens (tertiary/aromatic N) is 1. The van der Waals surface area contributed by atoms with E-state index < -0.39 is 18.3 Å². The predicted molar refractivity (Wildman–Crippen MR) is 77.6 cm³/mol. The van der Waals surface area contributed by atoms with Gasteiger partial charge >= 0.3 is 5.92 Å². The maximum absolute atomic E-state index is 14.2. The van der Waals surface area contributed by atoms with Crippen molar-refractivity contribution in [1.29, 1.82) is 0 Å². The Bertz CT molecular complexity index is 458. The lowest BCUT2D eigenvalue weighted by Gasteiger charge is -2.32. The van der Waals surface area contributed by atoms with E-state index in [9.17, 15) is 18.4 Å². The van der Waals surface area contributed by atoms with E-state index in [4.69, 9.17) is 4.74 Å². The molecule has 124 valence electrons. The van der Waals surface area contributed by atoms with Gasteiger partial charge in [0.05, 0.1) is 13.2 Å². The zero-order valence-electron chi connectivity index (χ0n) is 12.9.